The van der Waals surface area contributed by atoms with Gasteiger partial charge in [0.15, 0.2) is 0 Å². The van der Waals surface area contributed by atoms with E-state index < -0.39 is 0 Å². The Morgan fingerprint density at radius 3 is 2.65 bits per heavy atom. The molecule has 20 heavy (non-hydrogen) atoms. The molecule has 0 saturated heterocycles. The van der Waals surface area contributed by atoms with E-state index in [1.807, 2.05) is 11.7 Å². The maximum absolute atomic E-state index is 4.47. The Hall–Kier alpha value is -1.13. The van der Waals surface area contributed by atoms with E-state index >= 15 is 0 Å². The zero-order valence-corrected chi connectivity index (χ0v) is 14.2. The Labute approximate surface area is 129 Å². The number of benzene rings is 1. The van der Waals surface area contributed by atoms with E-state index in [2.05, 4.69) is 71.4 Å². The molecular formula is C16H22BrN3. The summed E-state index contributed by atoms with van der Waals surface area (Å²) in [5, 5.41) is 8.12. The Kier molecular flexibility index (Phi) is 5.00. The fourth-order valence-corrected chi connectivity index (χ4v) is 2.94. The average Bonchev–Trinajstić information content (AvgIpc) is 2.65. The van der Waals surface area contributed by atoms with Crippen LogP contribution in [0.5, 0.6) is 0 Å². The van der Waals surface area contributed by atoms with E-state index in [-0.39, 0.29) is 0 Å². The Bertz CT molecular complexity index is 589. The van der Waals surface area contributed by atoms with E-state index in [0.717, 1.165) is 23.1 Å². The highest BCUT2D eigenvalue weighted by atomic mass is 79.9. The number of nitrogens with one attached hydrogen (secondary N) is 1. The molecule has 0 saturated carbocycles. The minimum atomic E-state index is 0.367. The lowest BCUT2D eigenvalue weighted by Crippen LogP contribution is -2.21. The second-order valence-corrected chi connectivity index (χ2v) is 6.09. The highest BCUT2D eigenvalue weighted by Crippen LogP contribution is 2.22. The predicted octanol–water partition coefficient (Wildman–Crippen LogP) is 4.04. The van der Waals surface area contributed by atoms with Gasteiger partial charge in [-0.05, 0) is 38.0 Å². The molecule has 0 spiro atoms. The Balaban J connectivity index is 2.11. The number of nitrogens with zero attached hydrogens (tertiary/aromatic N) is 2. The molecule has 2 aromatic rings. The maximum Gasteiger partial charge on any atom is 0.0641 e. The Morgan fingerprint density at radius 2 is 2.10 bits per heavy atom. The largest absolute Gasteiger partial charge is 0.306 e. The molecule has 0 aliphatic heterocycles. The number of aromatic nitrogens is 2. The predicted molar refractivity (Wildman–Crippen MR) is 86.7 cm³/mol. The van der Waals surface area contributed by atoms with Crippen LogP contribution in [0, 0.1) is 13.8 Å². The summed E-state index contributed by atoms with van der Waals surface area (Å²) in [5.41, 5.74) is 4.97. The highest BCUT2D eigenvalue weighted by Gasteiger charge is 2.13. The van der Waals surface area contributed by atoms with Crippen molar-refractivity contribution in [1.82, 2.24) is 15.1 Å². The molecule has 1 aromatic carbocycles. The SMILES string of the molecule is CCC(NCc1c(C)nn(C)c1C)c1cccc(Br)c1. The molecule has 0 amide bonds. The van der Waals surface area contributed by atoms with Crippen molar-refractivity contribution >= 4 is 15.9 Å². The van der Waals surface area contributed by atoms with Crippen molar-refractivity contribution < 1.29 is 0 Å². The van der Waals surface area contributed by atoms with Crippen LogP contribution < -0.4 is 5.32 Å². The van der Waals surface area contributed by atoms with Crippen molar-refractivity contribution in [3.63, 3.8) is 0 Å². The van der Waals surface area contributed by atoms with Crippen LogP contribution in [0.4, 0.5) is 0 Å². The van der Waals surface area contributed by atoms with Gasteiger partial charge >= 0.3 is 0 Å². The topological polar surface area (TPSA) is 29.9 Å². The molecular weight excluding hydrogens is 314 g/mol. The standard InChI is InChI=1S/C16H22BrN3/c1-5-16(13-7-6-8-14(17)9-13)18-10-15-11(2)19-20(4)12(15)3/h6-9,16,18H,5,10H2,1-4H3. The van der Waals surface area contributed by atoms with E-state index in [4.69, 9.17) is 0 Å². The van der Waals surface area contributed by atoms with Gasteiger partial charge in [-0.25, -0.2) is 0 Å². The van der Waals surface area contributed by atoms with Crippen LogP contribution in [0.3, 0.4) is 0 Å². The first-order chi connectivity index (χ1) is 9.52. The van der Waals surface area contributed by atoms with Gasteiger partial charge in [-0.1, -0.05) is 35.0 Å². The van der Waals surface area contributed by atoms with Crippen LogP contribution >= 0.6 is 15.9 Å². The molecule has 1 atom stereocenters. The van der Waals surface area contributed by atoms with Crippen molar-refractivity contribution in [1.29, 1.82) is 0 Å². The van der Waals surface area contributed by atoms with Gasteiger partial charge in [-0.15, -0.1) is 0 Å². The summed E-state index contributed by atoms with van der Waals surface area (Å²) < 4.78 is 3.08. The van der Waals surface area contributed by atoms with Crippen LogP contribution in [0.2, 0.25) is 0 Å². The van der Waals surface area contributed by atoms with E-state index in [1.165, 1.54) is 16.8 Å². The summed E-state index contributed by atoms with van der Waals surface area (Å²) in [6.45, 7) is 7.26. The summed E-state index contributed by atoms with van der Waals surface area (Å²) in [7, 11) is 2.00. The molecule has 2 rings (SSSR count). The first-order valence-corrected chi connectivity index (χ1v) is 7.80. The zero-order chi connectivity index (χ0) is 14.7. The molecule has 1 heterocycles. The second-order valence-electron chi connectivity index (χ2n) is 5.17. The van der Waals surface area contributed by atoms with Gasteiger partial charge in [0.25, 0.3) is 0 Å². The monoisotopic (exact) mass is 335 g/mol. The van der Waals surface area contributed by atoms with Crippen molar-refractivity contribution in [3.8, 4) is 0 Å². The first kappa shape index (κ1) is 15.3. The number of rotatable bonds is 5. The van der Waals surface area contributed by atoms with Gasteiger partial charge in [0, 0.05) is 35.4 Å². The highest BCUT2D eigenvalue weighted by molar-refractivity contribution is 9.10. The van der Waals surface area contributed by atoms with Crippen LogP contribution in [-0.4, -0.2) is 9.78 Å². The molecule has 1 aromatic heterocycles. The van der Waals surface area contributed by atoms with Crippen LogP contribution in [0.1, 0.15) is 41.9 Å². The quantitative estimate of drug-likeness (QED) is 0.893. The van der Waals surface area contributed by atoms with Gasteiger partial charge in [0.1, 0.15) is 0 Å². The third-order valence-corrected chi connectivity index (χ3v) is 4.34. The molecule has 108 valence electrons. The second kappa shape index (κ2) is 6.55. The van der Waals surface area contributed by atoms with Gasteiger partial charge in [-0.3, -0.25) is 4.68 Å². The van der Waals surface area contributed by atoms with Crippen LogP contribution in [-0.2, 0) is 13.6 Å². The Morgan fingerprint density at radius 1 is 1.35 bits per heavy atom. The fourth-order valence-electron chi connectivity index (χ4n) is 2.52. The fraction of sp³-hybridized carbons (Fsp3) is 0.438. The first-order valence-electron chi connectivity index (χ1n) is 7.00. The number of hydrogen-bond donors (Lipinski definition) is 1. The molecule has 0 bridgehead atoms. The van der Waals surface area contributed by atoms with Gasteiger partial charge in [0.05, 0.1) is 5.69 Å². The normalized spacial score (nSPS) is 12.7. The minimum Gasteiger partial charge on any atom is -0.306 e. The lowest BCUT2D eigenvalue weighted by atomic mass is 10.0. The molecule has 3 nitrogen and oxygen atoms in total. The van der Waals surface area contributed by atoms with Crippen molar-refractivity contribution in [3.05, 3.63) is 51.3 Å². The lowest BCUT2D eigenvalue weighted by molar-refractivity contribution is 0.517. The maximum atomic E-state index is 4.47. The van der Waals surface area contributed by atoms with Crippen LogP contribution in [0.15, 0.2) is 28.7 Å². The zero-order valence-electron chi connectivity index (χ0n) is 12.6. The van der Waals surface area contributed by atoms with Gasteiger partial charge in [-0.2, -0.15) is 5.10 Å². The lowest BCUT2D eigenvalue weighted by Gasteiger charge is -2.18. The molecule has 0 fully saturated rings. The van der Waals surface area contributed by atoms with Crippen molar-refractivity contribution in [2.45, 2.75) is 39.8 Å². The van der Waals surface area contributed by atoms with E-state index in [0.29, 0.717) is 6.04 Å². The summed E-state index contributed by atoms with van der Waals surface area (Å²) >= 11 is 3.54. The average molecular weight is 336 g/mol. The summed E-state index contributed by atoms with van der Waals surface area (Å²) in [4.78, 5) is 0. The summed E-state index contributed by atoms with van der Waals surface area (Å²) in [5.74, 6) is 0. The van der Waals surface area contributed by atoms with E-state index in [1.54, 1.807) is 0 Å². The molecule has 1 unspecified atom stereocenters. The molecule has 0 radical (unpaired) electrons. The van der Waals surface area contributed by atoms with E-state index in [9.17, 15) is 0 Å². The number of hydrogen-bond acceptors (Lipinski definition) is 2. The number of aryl methyl sites for hydroxylation is 2. The minimum absolute atomic E-state index is 0.367. The van der Waals surface area contributed by atoms with Crippen molar-refractivity contribution in [2.75, 3.05) is 0 Å². The number of halogens is 1. The third kappa shape index (κ3) is 3.30. The van der Waals surface area contributed by atoms with Gasteiger partial charge in [0.2, 0.25) is 0 Å². The molecule has 4 heteroatoms. The summed E-state index contributed by atoms with van der Waals surface area (Å²) in [6.07, 6.45) is 1.06. The van der Waals surface area contributed by atoms with Gasteiger partial charge < -0.3 is 5.32 Å². The third-order valence-electron chi connectivity index (χ3n) is 3.84. The molecule has 0 aliphatic rings. The van der Waals surface area contributed by atoms with Crippen molar-refractivity contribution in [2.24, 2.45) is 7.05 Å². The molecule has 0 aliphatic carbocycles. The summed E-state index contributed by atoms with van der Waals surface area (Å²) in [6, 6.07) is 8.88. The van der Waals surface area contributed by atoms with Crippen LogP contribution in [0.25, 0.3) is 0 Å². The smallest absolute Gasteiger partial charge is 0.0641 e. The molecule has 1 N–H and O–H groups in total.